The predicted molar refractivity (Wildman–Crippen MR) is 68.0 cm³/mol. The van der Waals surface area contributed by atoms with Gasteiger partial charge in [0.25, 0.3) is 0 Å². The number of aliphatic carboxylic acids is 1. The zero-order valence-corrected chi connectivity index (χ0v) is 11.4. The van der Waals surface area contributed by atoms with Gasteiger partial charge in [-0.2, -0.15) is 0 Å². The molecule has 3 N–H and O–H groups in total. The zero-order chi connectivity index (χ0) is 13.5. The average Bonchev–Trinajstić information content (AvgIpc) is 2.25. The molecule has 0 aromatic heterocycles. The number of carbonyl (C=O) groups is 2. The number of carbonyl (C=O) groups excluding carboxylic acids is 1. The smallest absolute Gasteiger partial charge is 0.321 e. The number of rotatable bonds is 8. The Morgan fingerprint density at radius 1 is 1.47 bits per heavy atom. The van der Waals surface area contributed by atoms with Crippen molar-refractivity contribution in [2.24, 2.45) is 5.73 Å². The Hall–Kier alpha value is -0.750. The number of thioether (sulfide) groups is 1. The molecule has 0 amide bonds. The highest BCUT2D eigenvalue weighted by Crippen LogP contribution is 2.27. The molecule has 0 aromatic rings. The Kier molecular flexibility index (Phi) is 7.22. The Labute approximate surface area is 106 Å². The van der Waals surface area contributed by atoms with E-state index < -0.39 is 16.8 Å². The van der Waals surface area contributed by atoms with E-state index in [2.05, 4.69) is 0 Å². The SMILES string of the molecule is CCCCOC(=O)CSC(C)(C)[C@@H](N)C(=O)O. The summed E-state index contributed by atoms with van der Waals surface area (Å²) in [6.07, 6.45) is 1.81. The molecular weight excluding hydrogens is 242 g/mol. The second-order valence-corrected chi connectivity index (χ2v) is 5.91. The molecule has 0 saturated heterocycles. The molecule has 5 nitrogen and oxygen atoms in total. The summed E-state index contributed by atoms with van der Waals surface area (Å²) in [6, 6.07) is -1.00. The molecule has 0 bridgehead atoms. The molecule has 6 heteroatoms. The topological polar surface area (TPSA) is 89.6 Å². The molecular formula is C11H21NO4S. The van der Waals surface area contributed by atoms with Crippen molar-refractivity contribution >= 4 is 23.7 Å². The van der Waals surface area contributed by atoms with E-state index in [0.717, 1.165) is 12.8 Å². The number of nitrogens with two attached hydrogens (primary N) is 1. The van der Waals surface area contributed by atoms with Gasteiger partial charge in [-0.1, -0.05) is 13.3 Å². The molecule has 0 aromatic carbocycles. The number of unbranched alkanes of at least 4 members (excludes halogenated alkanes) is 1. The summed E-state index contributed by atoms with van der Waals surface area (Å²) in [5.41, 5.74) is 5.53. The maximum atomic E-state index is 11.3. The van der Waals surface area contributed by atoms with Gasteiger partial charge in [0.1, 0.15) is 6.04 Å². The summed E-state index contributed by atoms with van der Waals surface area (Å²) in [5.74, 6) is -1.27. The fourth-order valence-electron chi connectivity index (χ4n) is 1.00. The molecule has 0 aliphatic heterocycles. The van der Waals surface area contributed by atoms with Gasteiger partial charge in [0.15, 0.2) is 0 Å². The molecule has 0 fully saturated rings. The monoisotopic (exact) mass is 263 g/mol. The quantitative estimate of drug-likeness (QED) is 0.506. The minimum absolute atomic E-state index is 0.123. The number of esters is 1. The van der Waals surface area contributed by atoms with Crippen LogP contribution in [0.1, 0.15) is 33.6 Å². The number of carboxylic acids is 1. The third-order valence-electron chi connectivity index (χ3n) is 2.34. The lowest BCUT2D eigenvalue weighted by molar-refractivity contribution is -0.141. The van der Waals surface area contributed by atoms with Gasteiger partial charge in [0.05, 0.1) is 12.4 Å². The van der Waals surface area contributed by atoms with Gasteiger partial charge in [-0.15, -0.1) is 11.8 Å². The van der Waals surface area contributed by atoms with Crippen molar-refractivity contribution < 1.29 is 19.4 Å². The molecule has 0 rings (SSSR count). The Bertz CT molecular complexity index is 268. The number of hydrogen-bond acceptors (Lipinski definition) is 5. The van der Waals surface area contributed by atoms with E-state index in [1.165, 1.54) is 11.8 Å². The standard InChI is InChI=1S/C11H21NO4S/c1-4-5-6-16-8(13)7-17-11(2,3)9(12)10(14)15/h9H,4-7,12H2,1-3H3,(H,14,15)/t9-/m0/s1. The number of hydrogen-bond donors (Lipinski definition) is 2. The molecule has 0 aliphatic rings. The second-order valence-electron chi connectivity index (χ2n) is 4.28. The van der Waals surface area contributed by atoms with Crippen molar-refractivity contribution in [1.29, 1.82) is 0 Å². The summed E-state index contributed by atoms with van der Waals surface area (Å²) in [6.45, 7) is 5.84. The summed E-state index contributed by atoms with van der Waals surface area (Å²) >= 11 is 1.20. The normalized spacial score (nSPS) is 13.2. The molecule has 100 valence electrons. The summed E-state index contributed by atoms with van der Waals surface area (Å²) < 4.78 is 4.27. The van der Waals surface area contributed by atoms with Crippen LogP contribution < -0.4 is 5.73 Å². The van der Waals surface area contributed by atoms with Gasteiger partial charge in [-0.05, 0) is 20.3 Å². The van der Waals surface area contributed by atoms with Crippen LogP contribution in [-0.4, -0.2) is 40.2 Å². The number of ether oxygens (including phenoxy) is 1. The van der Waals surface area contributed by atoms with Crippen LogP contribution in [0.3, 0.4) is 0 Å². The average molecular weight is 263 g/mol. The highest BCUT2D eigenvalue weighted by molar-refractivity contribution is 8.01. The van der Waals surface area contributed by atoms with Gasteiger partial charge in [-0.25, -0.2) is 0 Å². The van der Waals surface area contributed by atoms with E-state index in [0.29, 0.717) is 6.61 Å². The molecule has 1 atom stereocenters. The molecule has 0 saturated carbocycles. The van der Waals surface area contributed by atoms with Crippen LogP contribution in [0.5, 0.6) is 0 Å². The van der Waals surface area contributed by atoms with Gasteiger partial charge in [0.2, 0.25) is 0 Å². The van der Waals surface area contributed by atoms with Crippen LogP contribution in [0.2, 0.25) is 0 Å². The van der Waals surface area contributed by atoms with Gasteiger partial charge in [-0.3, -0.25) is 9.59 Å². The van der Waals surface area contributed by atoms with Gasteiger partial charge in [0, 0.05) is 4.75 Å². The molecule has 0 radical (unpaired) electrons. The van der Waals surface area contributed by atoms with E-state index in [4.69, 9.17) is 15.6 Å². The molecule has 0 aliphatic carbocycles. The molecule has 0 spiro atoms. The molecule has 17 heavy (non-hydrogen) atoms. The highest BCUT2D eigenvalue weighted by Gasteiger charge is 2.33. The Morgan fingerprint density at radius 2 is 2.06 bits per heavy atom. The molecule has 0 heterocycles. The van der Waals surface area contributed by atoms with Crippen molar-refractivity contribution in [3.8, 4) is 0 Å². The minimum Gasteiger partial charge on any atom is -0.480 e. The minimum atomic E-state index is -1.07. The number of carboxylic acid groups (broad SMARTS) is 1. The van der Waals surface area contributed by atoms with E-state index in [1.54, 1.807) is 13.8 Å². The van der Waals surface area contributed by atoms with Crippen molar-refractivity contribution in [3.05, 3.63) is 0 Å². The van der Waals surface area contributed by atoms with Crippen molar-refractivity contribution in [2.75, 3.05) is 12.4 Å². The fourth-order valence-corrected chi connectivity index (χ4v) is 1.86. The van der Waals surface area contributed by atoms with Crippen molar-refractivity contribution in [2.45, 2.75) is 44.4 Å². The largest absolute Gasteiger partial charge is 0.480 e. The van der Waals surface area contributed by atoms with Crippen molar-refractivity contribution in [3.63, 3.8) is 0 Å². The van der Waals surface area contributed by atoms with E-state index in [9.17, 15) is 9.59 Å². The van der Waals surface area contributed by atoms with Crippen LogP contribution in [0.15, 0.2) is 0 Å². The van der Waals surface area contributed by atoms with E-state index in [-0.39, 0.29) is 11.7 Å². The maximum absolute atomic E-state index is 11.3. The summed E-state index contributed by atoms with van der Waals surface area (Å²) in [4.78, 5) is 22.1. The molecule has 0 unspecified atom stereocenters. The second kappa shape index (κ2) is 7.55. The first-order chi connectivity index (χ1) is 7.81. The maximum Gasteiger partial charge on any atom is 0.321 e. The van der Waals surface area contributed by atoms with Gasteiger partial charge >= 0.3 is 11.9 Å². The van der Waals surface area contributed by atoms with E-state index >= 15 is 0 Å². The zero-order valence-electron chi connectivity index (χ0n) is 10.6. The third kappa shape index (κ3) is 6.53. The van der Waals surface area contributed by atoms with Crippen LogP contribution in [0, 0.1) is 0 Å². The van der Waals surface area contributed by atoms with E-state index in [1.807, 2.05) is 6.92 Å². The lowest BCUT2D eigenvalue weighted by atomic mass is 10.1. The first-order valence-corrected chi connectivity index (χ1v) is 6.57. The van der Waals surface area contributed by atoms with Crippen molar-refractivity contribution in [1.82, 2.24) is 0 Å². The Balaban J connectivity index is 4.00. The van der Waals surface area contributed by atoms with Crippen LogP contribution >= 0.6 is 11.8 Å². The predicted octanol–water partition coefficient (Wildman–Crippen LogP) is 1.25. The highest BCUT2D eigenvalue weighted by atomic mass is 32.2. The van der Waals surface area contributed by atoms with Crippen LogP contribution in [0.25, 0.3) is 0 Å². The lowest BCUT2D eigenvalue weighted by Crippen LogP contribution is -2.47. The lowest BCUT2D eigenvalue weighted by Gasteiger charge is -2.27. The first-order valence-electron chi connectivity index (χ1n) is 5.59. The van der Waals surface area contributed by atoms with Crippen LogP contribution in [0.4, 0.5) is 0 Å². The van der Waals surface area contributed by atoms with Gasteiger partial charge < -0.3 is 15.6 Å². The van der Waals surface area contributed by atoms with Crippen LogP contribution in [-0.2, 0) is 14.3 Å². The summed E-state index contributed by atoms with van der Waals surface area (Å²) in [5, 5.41) is 8.80. The Morgan fingerprint density at radius 3 is 2.53 bits per heavy atom. The fraction of sp³-hybridized carbons (Fsp3) is 0.818. The summed E-state index contributed by atoms with van der Waals surface area (Å²) in [7, 11) is 0. The third-order valence-corrected chi connectivity index (χ3v) is 3.72. The first kappa shape index (κ1) is 16.2.